The molecule has 5 nitrogen and oxygen atoms in total. The molecule has 2 aromatic carbocycles. The average Bonchev–Trinajstić information content (AvgIpc) is 3.14. The molecule has 5 atom stereocenters. The monoisotopic (exact) mass is 446 g/mol. The van der Waals surface area contributed by atoms with Gasteiger partial charge in [0.05, 0.1) is 23.8 Å². The topological polar surface area (TPSA) is 79.2 Å². The minimum Gasteiger partial charge on any atom is -0.490 e. The van der Waals surface area contributed by atoms with Crippen LogP contribution in [0.15, 0.2) is 30.3 Å². The van der Waals surface area contributed by atoms with Crippen molar-refractivity contribution >= 4 is 11.6 Å². The highest BCUT2D eigenvalue weighted by Gasteiger charge is 2.40. The lowest BCUT2D eigenvalue weighted by Gasteiger charge is -2.37. The molecule has 2 aliphatic rings. The molecule has 3 N–H and O–H groups in total. The van der Waals surface area contributed by atoms with E-state index in [9.17, 15) is 15.3 Å². The van der Waals surface area contributed by atoms with Gasteiger partial charge in [-0.05, 0) is 42.0 Å². The number of rotatable bonds is 5. The van der Waals surface area contributed by atoms with E-state index in [0.29, 0.717) is 29.5 Å². The molecule has 0 aliphatic carbocycles. The van der Waals surface area contributed by atoms with Crippen LogP contribution in [0.5, 0.6) is 5.75 Å². The van der Waals surface area contributed by atoms with Gasteiger partial charge in [-0.15, -0.1) is 0 Å². The van der Waals surface area contributed by atoms with Crippen LogP contribution in [0.2, 0.25) is 5.02 Å². The van der Waals surface area contributed by atoms with Crippen molar-refractivity contribution in [2.45, 2.75) is 76.5 Å². The summed E-state index contributed by atoms with van der Waals surface area (Å²) >= 11 is 6.82. The fraction of sp³-hybridized carbons (Fsp3) is 0.520. The summed E-state index contributed by atoms with van der Waals surface area (Å²) in [5, 5.41) is 30.7. The summed E-state index contributed by atoms with van der Waals surface area (Å²) in [5.74, 6) is 1.19. The Morgan fingerprint density at radius 1 is 1.16 bits per heavy atom. The molecule has 6 heteroatoms. The highest BCUT2D eigenvalue weighted by Crippen LogP contribution is 2.46. The Morgan fingerprint density at radius 2 is 1.87 bits per heavy atom. The Kier molecular flexibility index (Phi) is 6.61. The number of hydrogen-bond donors (Lipinski definition) is 3. The highest BCUT2D eigenvalue weighted by atomic mass is 35.5. The number of hydrogen-bond acceptors (Lipinski definition) is 5. The average molecular weight is 447 g/mol. The van der Waals surface area contributed by atoms with Crippen LogP contribution in [0.4, 0.5) is 0 Å². The maximum Gasteiger partial charge on any atom is 0.130 e. The Bertz CT molecular complexity index is 926. The van der Waals surface area contributed by atoms with Gasteiger partial charge < -0.3 is 24.8 Å². The molecule has 2 heterocycles. The molecule has 1 fully saturated rings. The van der Waals surface area contributed by atoms with Crippen LogP contribution in [0, 0.1) is 0 Å². The first kappa shape index (κ1) is 22.6. The van der Waals surface area contributed by atoms with E-state index >= 15 is 0 Å². The van der Waals surface area contributed by atoms with E-state index in [2.05, 4.69) is 38.1 Å². The Morgan fingerprint density at radius 3 is 2.52 bits per heavy atom. The second kappa shape index (κ2) is 9.08. The first-order chi connectivity index (χ1) is 14.8. The minimum atomic E-state index is -1.11. The molecule has 168 valence electrons. The fourth-order valence-electron chi connectivity index (χ4n) is 4.55. The van der Waals surface area contributed by atoms with Crippen LogP contribution < -0.4 is 4.74 Å². The van der Waals surface area contributed by atoms with Crippen molar-refractivity contribution in [3.8, 4) is 5.75 Å². The summed E-state index contributed by atoms with van der Waals surface area (Å²) in [6.45, 7) is 5.99. The molecule has 0 amide bonds. The maximum absolute atomic E-state index is 10.3. The fourth-order valence-corrected chi connectivity index (χ4v) is 4.83. The van der Waals surface area contributed by atoms with E-state index in [1.165, 1.54) is 5.56 Å². The van der Waals surface area contributed by atoms with Gasteiger partial charge in [-0.1, -0.05) is 49.7 Å². The SMILES string of the molecule is CC1Cc2c(Cl)c(Cc3ccc(C(C)C)cc3)cc(C3CC(O)[C@H](O)C(CO)O3)c2O1. The standard InChI is InChI=1S/C25H31ClO5/c1-13(2)16-6-4-15(5-7-16)9-17-10-18(25-19(23(17)26)8-14(3)30-25)21-11-20(28)24(29)22(12-27)31-21/h4-7,10,13-14,20-22,24,27-29H,8-9,11-12H2,1-3H3/t14?,20?,21?,22?,24-/m0/s1. The molecule has 2 aliphatic heterocycles. The first-order valence-corrected chi connectivity index (χ1v) is 11.4. The lowest BCUT2D eigenvalue weighted by molar-refractivity contribution is -0.181. The zero-order valence-electron chi connectivity index (χ0n) is 18.2. The molecule has 0 spiro atoms. The van der Waals surface area contributed by atoms with E-state index in [-0.39, 0.29) is 19.1 Å². The Balaban J connectivity index is 1.70. The van der Waals surface area contributed by atoms with Crippen molar-refractivity contribution in [3.63, 3.8) is 0 Å². The van der Waals surface area contributed by atoms with Crippen molar-refractivity contribution in [2.75, 3.05) is 6.61 Å². The van der Waals surface area contributed by atoms with Crippen LogP contribution in [0.25, 0.3) is 0 Å². The van der Waals surface area contributed by atoms with Crippen molar-refractivity contribution in [2.24, 2.45) is 0 Å². The number of halogens is 1. The van der Waals surface area contributed by atoms with Crippen LogP contribution in [-0.2, 0) is 17.6 Å². The number of ether oxygens (including phenoxy) is 2. The van der Waals surface area contributed by atoms with Crippen molar-refractivity contribution < 1.29 is 24.8 Å². The second-order valence-corrected chi connectivity index (χ2v) is 9.47. The van der Waals surface area contributed by atoms with Crippen LogP contribution in [-0.4, -0.2) is 46.3 Å². The molecule has 0 bridgehead atoms. The van der Waals surface area contributed by atoms with Gasteiger partial charge in [0.1, 0.15) is 24.1 Å². The number of aliphatic hydroxyl groups excluding tert-OH is 3. The van der Waals surface area contributed by atoms with Crippen LogP contribution in [0.1, 0.15) is 67.0 Å². The molecule has 4 unspecified atom stereocenters. The highest BCUT2D eigenvalue weighted by molar-refractivity contribution is 6.32. The molecule has 0 aromatic heterocycles. The lowest BCUT2D eigenvalue weighted by atomic mass is 9.90. The van der Waals surface area contributed by atoms with E-state index < -0.39 is 24.4 Å². The van der Waals surface area contributed by atoms with Gasteiger partial charge in [-0.25, -0.2) is 0 Å². The molecule has 0 saturated carbocycles. The summed E-state index contributed by atoms with van der Waals surface area (Å²) in [4.78, 5) is 0. The van der Waals surface area contributed by atoms with E-state index in [0.717, 1.165) is 22.3 Å². The summed E-state index contributed by atoms with van der Waals surface area (Å²) in [5.41, 5.74) is 5.23. The minimum absolute atomic E-state index is 0.000400. The van der Waals surface area contributed by atoms with Crippen molar-refractivity contribution in [1.82, 2.24) is 0 Å². The quantitative estimate of drug-likeness (QED) is 0.648. The molecule has 4 rings (SSSR count). The Labute approximate surface area is 188 Å². The largest absolute Gasteiger partial charge is 0.490 e. The van der Waals surface area contributed by atoms with Gasteiger partial charge in [0.15, 0.2) is 0 Å². The zero-order chi connectivity index (χ0) is 22.3. The number of fused-ring (bicyclic) bond motifs is 1. The summed E-state index contributed by atoms with van der Waals surface area (Å²) in [6, 6.07) is 10.6. The van der Waals surface area contributed by atoms with Gasteiger partial charge in [0.25, 0.3) is 0 Å². The summed E-state index contributed by atoms with van der Waals surface area (Å²) in [6.07, 6.45) is -1.81. The third-order valence-electron chi connectivity index (χ3n) is 6.36. The van der Waals surface area contributed by atoms with Gasteiger partial charge in [0.2, 0.25) is 0 Å². The van der Waals surface area contributed by atoms with Crippen molar-refractivity contribution in [3.05, 3.63) is 63.2 Å². The normalized spacial score (nSPS) is 27.9. The maximum atomic E-state index is 10.3. The molecular formula is C25H31ClO5. The third kappa shape index (κ3) is 4.48. The van der Waals surface area contributed by atoms with Gasteiger partial charge in [0, 0.05) is 24.0 Å². The van der Waals surface area contributed by atoms with E-state index in [1.54, 1.807) is 0 Å². The van der Waals surface area contributed by atoms with E-state index in [1.807, 2.05) is 13.0 Å². The Hall–Kier alpha value is -1.63. The van der Waals surface area contributed by atoms with Gasteiger partial charge in [-0.3, -0.25) is 0 Å². The molecular weight excluding hydrogens is 416 g/mol. The number of benzene rings is 2. The first-order valence-electron chi connectivity index (χ1n) is 11.0. The molecule has 31 heavy (non-hydrogen) atoms. The summed E-state index contributed by atoms with van der Waals surface area (Å²) < 4.78 is 12.0. The molecule has 1 saturated heterocycles. The molecule has 0 radical (unpaired) electrons. The predicted octanol–water partition coefficient (Wildman–Crippen LogP) is 3.92. The van der Waals surface area contributed by atoms with Gasteiger partial charge >= 0.3 is 0 Å². The predicted molar refractivity (Wildman–Crippen MR) is 120 cm³/mol. The van der Waals surface area contributed by atoms with Crippen LogP contribution in [0.3, 0.4) is 0 Å². The number of aliphatic hydroxyl groups is 3. The van der Waals surface area contributed by atoms with Crippen molar-refractivity contribution in [1.29, 1.82) is 0 Å². The van der Waals surface area contributed by atoms with Crippen LogP contribution >= 0.6 is 11.6 Å². The smallest absolute Gasteiger partial charge is 0.130 e. The third-order valence-corrected chi connectivity index (χ3v) is 6.83. The van der Waals surface area contributed by atoms with E-state index in [4.69, 9.17) is 21.1 Å². The lowest BCUT2D eigenvalue weighted by Crippen LogP contribution is -2.47. The molecule has 2 aromatic rings. The van der Waals surface area contributed by atoms with Gasteiger partial charge in [-0.2, -0.15) is 0 Å². The second-order valence-electron chi connectivity index (χ2n) is 9.09. The zero-order valence-corrected chi connectivity index (χ0v) is 19.0. The summed E-state index contributed by atoms with van der Waals surface area (Å²) in [7, 11) is 0.